The van der Waals surface area contributed by atoms with Crippen molar-refractivity contribution in [2.75, 3.05) is 6.61 Å². The summed E-state index contributed by atoms with van der Waals surface area (Å²) in [6, 6.07) is 10.3. The molecule has 2 rings (SSSR count). The highest BCUT2D eigenvalue weighted by atomic mass is 16.5. The highest BCUT2D eigenvalue weighted by molar-refractivity contribution is 5.13. The third-order valence-electron chi connectivity index (χ3n) is 2.58. The first kappa shape index (κ1) is 11.9. The molecule has 0 radical (unpaired) electrons. The molecule has 3 heteroatoms. The number of hydrogen-bond acceptors (Lipinski definition) is 2. The first-order valence-electron chi connectivity index (χ1n) is 5.94. The van der Waals surface area contributed by atoms with Gasteiger partial charge < -0.3 is 9.30 Å². The Hall–Kier alpha value is -1.61. The van der Waals surface area contributed by atoms with Gasteiger partial charge in [0.15, 0.2) is 0 Å². The molecule has 1 heterocycles. The Labute approximate surface area is 102 Å². The molecule has 0 amide bonds. The van der Waals surface area contributed by atoms with Crippen LogP contribution in [0.15, 0.2) is 42.9 Å². The van der Waals surface area contributed by atoms with Crippen molar-refractivity contribution in [1.29, 1.82) is 0 Å². The standard InChI is InChI=1S/C14H18N2O/c1-13-10-16(12-15-13)8-5-9-17-11-14-6-3-2-4-7-14/h2-4,6-7,10,12H,5,8-9,11H2,1H3. The number of rotatable bonds is 6. The van der Waals surface area contributed by atoms with Gasteiger partial charge in [-0.3, -0.25) is 0 Å². The highest BCUT2D eigenvalue weighted by Gasteiger charge is 1.95. The number of hydrogen-bond donors (Lipinski definition) is 0. The molecule has 0 unspecified atom stereocenters. The summed E-state index contributed by atoms with van der Waals surface area (Å²) in [6.07, 6.45) is 4.94. The monoisotopic (exact) mass is 230 g/mol. The second kappa shape index (κ2) is 6.21. The Morgan fingerprint density at radius 1 is 1.24 bits per heavy atom. The highest BCUT2D eigenvalue weighted by Crippen LogP contribution is 2.01. The lowest BCUT2D eigenvalue weighted by Crippen LogP contribution is -2.01. The number of nitrogens with zero attached hydrogens (tertiary/aromatic N) is 2. The van der Waals surface area contributed by atoms with Crippen LogP contribution in [0.4, 0.5) is 0 Å². The summed E-state index contributed by atoms with van der Waals surface area (Å²) < 4.78 is 7.71. The van der Waals surface area contributed by atoms with Gasteiger partial charge in [-0.05, 0) is 18.9 Å². The van der Waals surface area contributed by atoms with Crippen LogP contribution < -0.4 is 0 Å². The minimum atomic E-state index is 0.698. The molecule has 0 aliphatic heterocycles. The molecule has 0 saturated carbocycles. The minimum Gasteiger partial charge on any atom is -0.377 e. The molecule has 0 bridgehead atoms. The summed E-state index contributed by atoms with van der Waals surface area (Å²) in [5, 5.41) is 0. The maximum Gasteiger partial charge on any atom is 0.0949 e. The zero-order valence-electron chi connectivity index (χ0n) is 10.2. The number of ether oxygens (including phenoxy) is 1. The van der Waals surface area contributed by atoms with Crippen molar-refractivity contribution in [3.05, 3.63) is 54.1 Å². The van der Waals surface area contributed by atoms with Crippen molar-refractivity contribution in [3.8, 4) is 0 Å². The zero-order chi connectivity index (χ0) is 11.9. The summed E-state index contributed by atoms with van der Waals surface area (Å²) >= 11 is 0. The molecule has 1 aromatic heterocycles. The van der Waals surface area contributed by atoms with Crippen LogP contribution >= 0.6 is 0 Å². The fourth-order valence-electron chi connectivity index (χ4n) is 1.71. The second-order valence-electron chi connectivity index (χ2n) is 4.14. The van der Waals surface area contributed by atoms with E-state index in [2.05, 4.69) is 27.9 Å². The first-order valence-corrected chi connectivity index (χ1v) is 5.94. The van der Waals surface area contributed by atoms with Gasteiger partial charge in [-0.25, -0.2) is 4.98 Å². The van der Waals surface area contributed by atoms with Gasteiger partial charge in [0.25, 0.3) is 0 Å². The van der Waals surface area contributed by atoms with E-state index in [1.54, 1.807) is 0 Å². The Kier molecular flexibility index (Phi) is 4.33. The van der Waals surface area contributed by atoms with Crippen LogP contribution in [0.3, 0.4) is 0 Å². The Morgan fingerprint density at radius 2 is 2.06 bits per heavy atom. The van der Waals surface area contributed by atoms with Crippen molar-refractivity contribution < 1.29 is 4.74 Å². The first-order chi connectivity index (χ1) is 8.34. The molecule has 0 atom stereocenters. The van der Waals surface area contributed by atoms with Crippen molar-refractivity contribution >= 4 is 0 Å². The lowest BCUT2D eigenvalue weighted by molar-refractivity contribution is 0.115. The van der Waals surface area contributed by atoms with Gasteiger partial charge in [-0.15, -0.1) is 0 Å². The van der Waals surface area contributed by atoms with E-state index in [0.29, 0.717) is 6.61 Å². The van der Waals surface area contributed by atoms with Gasteiger partial charge in [0, 0.05) is 19.3 Å². The summed E-state index contributed by atoms with van der Waals surface area (Å²) in [5.74, 6) is 0. The van der Waals surface area contributed by atoms with E-state index in [-0.39, 0.29) is 0 Å². The number of imidazole rings is 1. The summed E-state index contributed by atoms with van der Waals surface area (Å²) in [6.45, 7) is 4.45. The average Bonchev–Trinajstić information content (AvgIpc) is 2.76. The van der Waals surface area contributed by atoms with Gasteiger partial charge in [0.2, 0.25) is 0 Å². The van der Waals surface area contributed by atoms with E-state index in [9.17, 15) is 0 Å². The van der Waals surface area contributed by atoms with E-state index >= 15 is 0 Å². The third-order valence-corrected chi connectivity index (χ3v) is 2.58. The smallest absolute Gasteiger partial charge is 0.0949 e. The van der Waals surface area contributed by atoms with E-state index in [1.165, 1.54) is 5.56 Å². The SMILES string of the molecule is Cc1cn(CCCOCc2ccccc2)cn1. The Balaban J connectivity index is 1.61. The summed E-state index contributed by atoms with van der Waals surface area (Å²) in [5.41, 5.74) is 2.29. The molecule has 17 heavy (non-hydrogen) atoms. The van der Waals surface area contributed by atoms with Crippen LogP contribution in [-0.4, -0.2) is 16.2 Å². The van der Waals surface area contributed by atoms with Gasteiger partial charge >= 0.3 is 0 Å². The second-order valence-corrected chi connectivity index (χ2v) is 4.14. The zero-order valence-corrected chi connectivity index (χ0v) is 10.2. The van der Waals surface area contributed by atoms with Gasteiger partial charge in [-0.2, -0.15) is 0 Å². The molecule has 3 nitrogen and oxygen atoms in total. The van der Waals surface area contributed by atoms with Crippen molar-refractivity contribution in [2.24, 2.45) is 0 Å². The quantitative estimate of drug-likeness (QED) is 0.713. The van der Waals surface area contributed by atoms with Crippen molar-refractivity contribution in [2.45, 2.75) is 26.5 Å². The van der Waals surface area contributed by atoms with Crippen LogP contribution in [0, 0.1) is 6.92 Å². The molecule has 0 fully saturated rings. The molecule has 0 N–H and O–H groups in total. The van der Waals surface area contributed by atoms with E-state index < -0.39 is 0 Å². The Bertz CT molecular complexity index is 436. The number of aryl methyl sites for hydroxylation is 2. The fourth-order valence-corrected chi connectivity index (χ4v) is 1.71. The van der Waals surface area contributed by atoms with Crippen molar-refractivity contribution in [1.82, 2.24) is 9.55 Å². The average molecular weight is 230 g/mol. The Morgan fingerprint density at radius 3 is 2.76 bits per heavy atom. The van der Waals surface area contributed by atoms with Crippen LogP contribution in [0.1, 0.15) is 17.7 Å². The van der Waals surface area contributed by atoms with Crippen LogP contribution in [0.2, 0.25) is 0 Å². The molecule has 2 aromatic rings. The molecule has 0 spiro atoms. The van der Waals surface area contributed by atoms with Crippen molar-refractivity contribution in [3.63, 3.8) is 0 Å². The van der Waals surface area contributed by atoms with E-state index in [0.717, 1.165) is 25.3 Å². The van der Waals surface area contributed by atoms with Crippen LogP contribution in [0.25, 0.3) is 0 Å². The molecular weight excluding hydrogens is 212 g/mol. The lowest BCUT2D eigenvalue weighted by Gasteiger charge is -2.04. The van der Waals surface area contributed by atoms with Crippen LogP contribution in [-0.2, 0) is 17.9 Å². The fraction of sp³-hybridized carbons (Fsp3) is 0.357. The maximum absolute atomic E-state index is 5.61. The van der Waals surface area contributed by atoms with Gasteiger partial charge in [0.05, 0.1) is 18.6 Å². The van der Waals surface area contributed by atoms with Gasteiger partial charge in [0.1, 0.15) is 0 Å². The molecule has 1 aromatic carbocycles. The molecule has 90 valence electrons. The number of aromatic nitrogens is 2. The molecule has 0 saturated heterocycles. The predicted molar refractivity (Wildman–Crippen MR) is 67.7 cm³/mol. The van der Waals surface area contributed by atoms with E-state index in [4.69, 9.17) is 4.74 Å². The number of benzene rings is 1. The summed E-state index contributed by atoms with van der Waals surface area (Å²) in [7, 11) is 0. The maximum atomic E-state index is 5.61. The third kappa shape index (κ3) is 4.04. The normalized spacial score (nSPS) is 10.6. The molecule has 0 aliphatic rings. The summed E-state index contributed by atoms with van der Waals surface area (Å²) in [4.78, 5) is 4.19. The molecular formula is C14H18N2O. The lowest BCUT2D eigenvalue weighted by atomic mass is 10.2. The topological polar surface area (TPSA) is 27.1 Å². The largest absolute Gasteiger partial charge is 0.377 e. The van der Waals surface area contributed by atoms with E-state index in [1.807, 2.05) is 31.5 Å². The minimum absolute atomic E-state index is 0.698. The predicted octanol–water partition coefficient (Wildman–Crippen LogP) is 2.80. The van der Waals surface area contributed by atoms with Gasteiger partial charge in [-0.1, -0.05) is 30.3 Å². The molecule has 0 aliphatic carbocycles. The van der Waals surface area contributed by atoms with Crippen LogP contribution in [0.5, 0.6) is 0 Å².